The quantitative estimate of drug-likeness (QED) is 0.539. The van der Waals surface area contributed by atoms with Crippen molar-refractivity contribution in [3.05, 3.63) is 11.2 Å². The van der Waals surface area contributed by atoms with Crippen LogP contribution in [0.4, 0.5) is 19.0 Å². The highest BCUT2D eigenvalue weighted by molar-refractivity contribution is 7.90. The van der Waals surface area contributed by atoms with Gasteiger partial charge in [-0.15, -0.1) is 0 Å². The van der Waals surface area contributed by atoms with Crippen LogP contribution >= 0.6 is 11.6 Å². The van der Waals surface area contributed by atoms with Crippen molar-refractivity contribution in [3.8, 4) is 0 Å². The Morgan fingerprint density at radius 2 is 1.83 bits per heavy atom. The minimum Gasteiger partial charge on any atom is -0.353 e. The molecule has 0 spiro atoms. The van der Waals surface area contributed by atoms with Gasteiger partial charge in [0, 0.05) is 24.9 Å². The van der Waals surface area contributed by atoms with Crippen LogP contribution < -0.4 is 10.2 Å². The fraction of sp³-hybridized carbons (Fsp3) is 0.722. The maximum Gasteiger partial charge on any atom is 0.408 e. The number of rotatable bonds is 4. The van der Waals surface area contributed by atoms with Gasteiger partial charge in [-0.25, -0.2) is 18.4 Å². The molecule has 1 aliphatic heterocycles. The minimum absolute atomic E-state index is 0.0466. The smallest absolute Gasteiger partial charge is 0.353 e. The van der Waals surface area contributed by atoms with E-state index in [1.807, 2.05) is 0 Å². The van der Waals surface area contributed by atoms with Crippen molar-refractivity contribution >= 4 is 33.2 Å². The second kappa shape index (κ2) is 8.86. The Kier molecular flexibility index (Phi) is 6.81. The second-order valence-corrected chi connectivity index (χ2v) is 10.2. The van der Waals surface area contributed by atoms with E-state index in [2.05, 4.69) is 15.3 Å². The molecule has 1 aromatic heterocycles. The first-order valence-electron chi connectivity index (χ1n) is 9.83. The van der Waals surface area contributed by atoms with Crippen molar-refractivity contribution in [3.63, 3.8) is 0 Å². The predicted molar refractivity (Wildman–Crippen MR) is 105 cm³/mol. The van der Waals surface area contributed by atoms with Crippen LogP contribution in [0.3, 0.4) is 0 Å². The van der Waals surface area contributed by atoms with Crippen LogP contribution in [-0.2, 0) is 14.6 Å². The summed E-state index contributed by atoms with van der Waals surface area (Å²) in [6, 6.07) is -0.754. The molecule has 1 N–H and O–H groups in total. The highest BCUT2D eigenvalue weighted by Crippen LogP contribution is 2.37. The van der Waals surface area contributed by atoms with E-state index >= 15 is 0 Å². The fourth-order valence-electron chi connectivity index (χ4n) is 4.04. The number of hydrogen-bond donors (Lipinski definition) is 1. The van der Waals surface area contributed by atoms with Crippen LogP contribution in [0.2, 0.25) is 5.15 Å². The number of hydrogen-bond acceptors (Lipinski definition) is 6. The lowest BCUT2D eigenvalue weighted by molar-refractivity contribution is -0.156. The summed E-state index contributed by atoms with van der Waals surface area (Å²) < 4.78 is 64.6. The van der Waals surface area contributed by atoms with E-state index < -0.39 is 33.1 Å². The summed E-state index contributed by atoms with van der Waals surface area (Å²) in [5.74, 6) is -1.20. The van der Waals surface area contributed by atoms with Crippen molar-refractivity contribution < 1.29 is 26.4 Å². The number of aromatic nitrogens is 2. The molecule has 0 radical (unpaired) electrons. The van der Waals surface area contributed by atoms with E-state index in [1.54, 1.807) is 0 Å². The Morgan fingerprint density at radius 1 is 1.17 bits per heavy atom. The molecule has 12 heteroatoms. The van der Waals surface area contributed by atoms with Crippen LogP contribution in [0.15, 0.2) is 11.2 Å². The standard InChI is InChI=1S/C18H24ClF3N4O3S/c1-30(28,29)17-24-14(19)9-15(25-17)26-10-11(7-8-13(26)18(20,21)22)16(27)23-12-5-3-2-4-6-12/h9,11-13H,2-8,10H2,1H3,(H,23,27)/t11-,13-/m0/s1. The predicted octanol–water partition coefficient (Wildman–Crippen LogP) is 3.13. The minimum atomic E-state index is -4.58. The Balaban J connectivity index is 1.86. The molecule has 1 aromatic rings. The highest BCUT2D eigenvalue weighted by Gasteiger charge is 2.48. The van der Waals surface area contributed by atoms with E-state index in [4.69, 9.17) is 11.6 Å². The van der Waals surface area contributed by atoms with E-state index in [0.717, 1.165) is 49.3 Å². The maximum atomic E-state index is 13.7. The van der Waals surface area contributed by atoms with Crippen molar-refractivity contribution in [1.29, 1.82) is 0 Å². The third kappa shape index (κ3) is 5.54. The Morgan fingerprint density at radius 3 is 2.43 bits per heavy atom. The zero-order chi connectivity index (χ0) is 22.1. The summed E-state index contributed by atoms with van der Waals surface area (Å²) in [6.45, 7) is -0.237. The average Bonchev–Trinajstić information content (AvgIpc) is 2.66. The molecule has 1 aliphatic carbocycles. The van der Waals surface area contributed by atoms with Crippen molar-refractivity contribution in [2.45, 2.75) is 68.4 Å². The lowest BCUT2D eigenvalue weighted by Crippen LogP contribution is -2.55. The van der Waals surface area contributed by atoms with Gasteiger partial charge in [-0.1, -0.05) is 30.9 Å². The van der Waals surface area contributed by atoms with Crippen LogP contribution in [0.25, 0.3) is 0 Å². The molecule has 2 fully saturated rings. The van der Waals surface area contributed by atoms with Crippen molar-refractivity contribution in [2.75, 3.05) is 17.7 Å². The molecule has 0 bridgehead atoms. The number of nitrogens with one attached hydrogen (secondary N) is 1. The SMILES string of the molecule is CS(=O)(=O)c1nc(Cl)cc(N2C[C@@H](C(=O)NC3CCCCC3)CC[C@H]2C(F)(F)F)n1. The maximum absolute atomic E-state index is 13.7. The summed E-state index contributed by atoms with van der Waals surface area (Å²) >= 11 is 5.86. The monoisotopic (exact) mass is 468 g/mol. The van der Waals surface area contributed by atoms with Crippen LogP contribution in [-0.4, -0.2) is 55.4 Å². The van der Waals surface area contributed by atoms with E-state index in [0.29, 0.717) is 0 Å². The largest absolute Gasteiger partial charge is 0.408 e. The van der Waals surface area contributed by atoms with E-state index in [-0.39, 0.29) is 42.3 Å². The Hall–Kier alpha value is -1.62. The van der Waals surface area contributed by atoms with Gasteiger partial charge in [-0.05, 0) is 25.7 Å². The Labute approximate surface area is 178 Å². The number of halogens is 4. The molecule has 30 heavy (non-hydrogen) atoms. The first-order valence-corrected chi connectivity index (χ1v) is 12.1. The number of piperidine rings is 1. The molecule has 1 saturated heterocycles. The van der Waals surface area contributed by atoms with Gasteiger partial charge in [0.1, 0.15) is 17.0 Å². The third-order valence-corrected chi connectivity index (χ3v) is 6.61. The van der Waals surface area contributed by atoms with Crippen LogP contribution in [0.1, 0.15) is 44.9 Å². The van der Waals surface area contributed by atoms with Crippen molar-refractivity contribution in [1.82, 2.24) is 15.3 Å². The second-order valence-electron chi connectivity index (χ2n) is 7.93. The number of amides is 1. The van der Waals surface area contributed by atoms with Gasteiger partial charge in [0.25, 0.3) is 0 Å². The molecule has 1 amide bonds. The molecular weight excluding hydrogens is 445 g/mol. The van der Waals surface area contributed by atoms with Gasteiger partial charge in [0.15, 0.2) is 0 Å². The topological polar surface area (TPSA) is 92.3 Å². The number of anilines is 1. The van der Waals surface area contributed by atoms with Gasteiger partial charge in [-0.2, -0.15) is 13.2 Å². The first-order chi connectivity index (χ1) is 13.9. The van der Waals surface area contributed by atoms with Crippen LogP contribution in [0.5, 0.6) is 0 Å². The van der Waals surface area contributed by atoms with Gasteiger partial charge in [-0.3, -0.25) is 4.79 Å². The normalized spacial score (nSPS) is 24.0. The average molecular weight is 469 g/mol. The fourth-order valence-corrected chi connectivity index (χ4v) is 4.79. The first kappa shape index (κ1) is 23.1. The van der Waals surface area contributed by atoms with E-state index in [9.17, 15) is 26.4 Å². The van der Waals surface area contributed by atoms with E-state index in [1.165, 1.54) is 0 Å². The lowest BCUT2D eigenvalue weighted by Gasteiger charge is -2.41. The lowest BCUT2D eigenvalue weighted by atomic mass is 9.90. The number of carbonyl (C=O) groups excluding carboxylic acids is 1. The van der Waals surface area contributed by atoms with Gasteiger partial charge in [0.05, 0.1) is 5.92 Å². The molecular formula is C18H24ClF3N4O3S. The summed E-state index contributed by atoms with van der Waals surface area (Å²) in [4.78, 5) is 21.1. The number of sulfone groups is 1. The van der Waals surface area contributed by atoms with Crippen molar-refractivity contribution in [2.24, 2.45) is 5.92 Å². The van der Waals surface area contributed by atoms with Gasteiger partial charge >= 0.3 is 6.18 Å². The zero-order valence-corrected chi connectivity index (χ0v) is 18.0. The molecule has 0 aromatic carbocycles. The number of alkyl halides is 3. The molecule has 7 nitrogen and oxygen atoms in total. The van der Waals surface area contributed by atoms with Gasteiger partial charge in [0.2, 0.25) is 20.9 Å². The van der Waals surface area contributed by atoms with Gasteiger partial charge < -0.3 is 10.2 Å². The third-order valence-electron chi connectivity index (χ3n) is 5.57. The molecule has 1 saturated carbocycles. The molecule has 3 rings (SSSR count). The van der Waals surface area contributed by atoms with Crippen LogP contribution in [0, 0.1) is 5.92 Å². The summed E-state index contributed by atoms with van der Waals surface area (Å²) in [7, 11) is -3.88. The molecule has 168 valence electrons. The summed E-state index contributed by atoms with van der Waals surface area (Å²) in [6.07, 6.45) is 0.942. The number of carbonyl (C=O) groups is 1. The molecule has 2 heterocycles. The number of nitrogens with zero attached hydrogens (tertiary/aromatic N) is 3. The molecule has 2 atom stereocenters. The highest BCUT2D eigenvalue weighted by atomic mass is 35.5. The molecule has 0 unspecified atom stereocenters. The zero-order valence-electron chi connectivity index (χ0n) is 16.5. The summed E-state index contributed by atoms with van der Waals surface area (Å²) in [5, 5.41) is 2.02. The summed E-state index contributed by atoms with van der Waals surface area (Å²) in [5.41, 5.74) is 0. The molecule has 2 aliphatic rings. The Bertz CT molecular complexity index is 891.